The molecule has 1 saturated heterocycles. The van der Waals surface area contributed by atoms with Crippen molar-refractivity contribution in [1.82, 2.24) is 4.90 Å². The average Bonchev–Trinajstić information content (AvgIpc) is 2.77. The van der Waals surface area contributed by atoms with Crippen LogP contribution in [-0.2, 0) is 17.8 Å². The average molecular weight is 397 g/mol. The molecule has 1 N–H and O–H groups in total. The molecule has 2 aromatic rings. The summed E-state index contributed by atoms with van der Waals surface area (Å²) in [6.45, 7) is 6.53. The van der Waals surface area contributed by atoms with Crippen molar-refractivity contribution < 1.29 is 14.6 Å². The van der Waals surface area contributed by atoms with Crippen molar-refractivity contribution in [2.45, 2.75) is 52.1 Å². The summed E-state index contributed by atoms with van der Waals surface area (Å²) in [7, 11) is 1.57. The Morgan fingerprint density at radius 2 is 1.83 bits per heavy atom. The van der Waals surface area contributed by atoms with E-state index in [0.717, 1.165) is 43.6 Å². The molecule has 1 fully saturated rings. The maximum atomic E-state index is 12.7. The normalized spacial score (nSPS) is 15.3. The van der Waals surface area contributed by atoms with Gasteiger partial charge < -0.3 is 14.7 Å². The Labute approximate surface area is 173 Å². The summed E-state index contributed by atoms with van der Waals surface area (Å²) in [5.74, 6) is 0.904. The largest absolute Gasteiger partial charge is 0.504 e. The van der Waals surface area contributed by atoms with Crippen LogP contribution < -0.4 is 9.64 Å². The maximum absolute atomic E-state index is 12.7. The van der Waals surface area contributed by atoms with Crippen LogP contribution in [0.3, 0.4) is 0 Å². The molecule has 0 radical (unpaired) electrons. The molecule has 0 saturated carbocycles. The van der Waals surface area contributed by atoms with Gasteiger partial charge in [-0.2, -0.15) is 0 Å². The Hall–Kier alpha value is -2.53. The van der Waals surface area contributed by atoms with Crippen LogP contribution in [0, 0.1) is 0 Å². The number of piperidine rings is 1. The van der Waals surface area contributed by atoms with E-state index in [1.807, 2.05) is 24.0 Å². The molecule has 1 aliphatic heterocycles. The number of phenolic OH excluding ortho intramolecular Hbond substituents is 1. The molecule has 1 heterocycles. The zero-order valence-electron chi connectivity index (χ0n) is 17.7. The van der Waals surface area contributed by atoms with Gasteiger partial charge in [-0.15, -0.1) is 0 Å². The monoisotopic (exact) mass is 396 g/mol. The molecular formula is C24H32N2O3. The molecule has 3 rings (SSSR count). The van der Waals surface area contributed by atoms with Gasteiger partial charge >= 0.3 is 0 Å². The van der Waals surface area contributed by atoms with Gasteiger partial charge in [-0.1, -0.05) is 38.1 Å². The van der Waals surface area contributed by atoms with Gasteiger partial charge in [0.2, 0.25) is 5.91 Å². The third-order valence-corrected chi connectivity index (χ3v) is 5.81. The van der Waals surface area contributed by atoms with Gasteiger partial charge in [0.25, 0.3) is 0 Å². The first-order valence-corrected chi connectivity index (χ1v) is 10.6. The maximum Gasteiger partial charge on any atom is 0.226 e. The molecule has 0 atom stereocenters. The molecule has 156 valence electrons. The number of amides is 1. The first kappa shape index (κ1) is 21.2. The minimum atomic E-state index is 0.179. The molecule has 1 aliphatic rings. The van der Waals surface area contributed by atoms with Gasteiger partial charge in [0.1, 0.15) is 0 Å². The molecule has 0 unspecified atom stereocenters. The van der Waals surface area contributed by atoms with Gasteiger partial charge in [-0.25, -0.2) is 0 Å². The number of likely N-dealkylation sites (tertiary alicyclic amines) is 1. The standard InChI is InChI=1S/C24H32N2O3/c1-4-18-9-11-20(12-10-18)26(23(27)5-2)21-13-15-25(16-14-21)17-19-7-6-8-22(29-3)24(19)28/h6-12,21,28H,4-5,13-17H2,1-3H3. The van der Waals surface area contributed by atoms with E-state index in [9.17, 15) is 9.90 Å². The Morgan fingerprint density at radius 1 is 1.14 bits per heavy atom. The van der Waals surface area contributed by atoms with E-state index in [1.54, 1.807) is 13.2 Å². The number of hydrogen-bond acceptors (Lipinski definition) is 4. The minimum Gasteiger partial charge on any atom is -0.504 e. The number of rotatable bonds is 7. The third kappa shape index (κ3) is 4.91. The van der Waals surface area contributed by atoms with Crippen molar-refractivity contribution in [3.63, 3.8) is 0 Å². The molecule has 1 amide bonds. The van der Waals surface area contributed by atoms with Crippen molar-refractivity contribution in [3.05, 3.63) is 53.6 Å². The second kappa shape index (κ2) is 9.79. The number of carbonyl (C=O) groups is 1. The van der Waals surface area contributed by atoms with Crippen LogP contribution >= 0.6 is 0 Å². The molecule has 29 heavy (non-hydrogen) atoms. The Bertz CT molecular complexity index is 811. The number of aromatic hydroxyl groups is 1. The molecule has 2 aromatic carbocycles. The van der Waals surface area contributed by atoms with Crippen molar-refractivity contribution >= 4 is 11.6 Å². The number of methoxy groups -OCH3 is 1. The lowest BCUT2D eigenvalue weighted by molar-refractivity contribution is -0.119. The number of para-hydroxylation sites is 1. The van der Waals surface area contributed by atoms with E-state index in [2.05, 4.69) is 36.1 Å². The van der Waals surface area contributed by atoms with E-state index < -0.39 is 0 Å². The van der Waals surface area contributed by atoms with Crippen molar-refractivity contribution in [1.29, 1.82) is 0 Å². The SMILES string of the molecule is CCC(=O)N(c1ccc(CC)cc1)C1CCN(Cc2cccc(OC)c2O)CC1. The van der Waals surface area contributed by atoms with Crippen molar-refractivity contribution in [2.24, 2.45) is 0 Å². The molecule has 5 nitrogen and oxygen atoms in total. The summed E-state index contributed by atoms with van der Waals surface area (Å²) in [6, 6.07) is 14.2. The first-order valence-electron chi connectivity index (χ1n) is 10.6. The van der Waals surface area contributed by atoms with Gasteiger partial charge in [0.15, 0.2) is 11.5 Å². The van der Waals surface area contributed by atoms with Gasteiger partial charge in [-0.05, 0) is 43.0 Å². The number of hydrogen-bond donors (Lipinski definition) is 1. The zero-order valence-corrected chi connectivity index (χ0v) is 17.7. The molecule has 0 aromatic heterocycles. The summed E-state index contributed by atoms with van der Waals surface area (Å²) in [5, 5.41) is 10.4. The van der Waals surface area contributed by atoms with Crippen LogP contribution in [0.1, 0.15) is 44.2 Å². The predicted octanol–water partition coefficient (Wildman–Crippen LogP) is 4.37. The summed E-state index contributed by atoms with van der Waals surface area (Å²) in [5.41, 5.74) is 3.16. The van der Waals surface area contributed by atoms with Crippen molar-refractivity contribution in [3.8, 4) is 11.5 Å². The fourth-order valence-corrected chi connectivity index (χ4v) is 4.06. The van der Waals surface area contributed by atoms with Crippen LogP contribution in [0.25, 0.3) is 0 Å². The van der Waals surface area contributed by atoms with E-state index in [1.165, 1.54) is 5.56 Å². The molecule has 0 bridgehead atoms. The summed E-state index contributed by atoms with van der Waals surface area (Å²) in [4.78, 5) is 17.1. The van der Waals surface area contributed by atoms with Gasteiger partial charge in [0, 0.05) is 43.3 Å². The highest BCUT2D eigenvalue weighted by atomic mass is 16.5. The number of phenols is 1. The minimum absolute atomic E-state index is 0.179. The number of carbonyl (C=O) groups excluding carboxylic acids is 1. The fraction of sp³-hybridized carbons (Fsp3) is 0.458. The summed E-state index contributed by atoms with van der Waals surface area (Å²) in [6.07, 6.45) is 3.35. The molecule has 5 heteroatoms. The lowest BCUT2D eigenvalue weighted by atomic mass is 10.0. The zero-order chi connectivity index (χ0) is 20.8. The number of benzene rings is 2. The van der Waals surface area contributed by atoms with Crippen LogP contribution in [0.15, 0.2) is 42.5 Å². The summed E-state index contributed by atoms with van der Waals surface area (Å²) < 4.78 is 5.21. The van der Waals surface area contributed by atoms with E-state index in [-0.39, 0.29) is 17.7 Å². The molecule has 0 spiro atoms. The van der Waals surface area contributed by atoms with E-state index in [0.29, 0.717) is 18.7 Å². The third-order valence-electron chi connectivity index (χ3n) is 5.81. The first-order chi connectivity index (χ1) is 14.1. The lowest BCUT2D eigenvalue weighted by Gasteiger charge is -2.38. The molecular weight excluding hydrogens is 364 g/mol. The van der Waals surface area contributed by atoms with E-state index in [4.69, 9.17) is 4.74 Å². The number of aryl methyl sites for hydroxylation is 1. The number of nitrogens with zero attached hydrogens (tertiary/aromatic N) is 2. The fourth-order valence-electron chi connectivity index (χ4n) is 4.06. The van der Waals surface area contributed by atoms with Crippen LogP contribution in [0.5, 0.6) is 11.5 Å². The Balaban J connectivity index is 1.67. The van der Waals surface area contributed by atoms with Crippen LogP contribution in [0.4, 0.5) is 5.69 Å². The van der Waals surface area contributed by atoms with Crippen LogP contribution in [0.2, 0.25) is 0 Å². The lowest BCUT2D eigenvalue weighted by Crippen LogP contribution is -2.47. The summed E-state index contributed by atoms with van der Waals surface area (Å²) >= 11 is 0. The van der Waals surface area contributed by atoms with Gasteiger partial charge in [0.05, 0.1) is 7.11 Å². The topological polar surface area (TPSA) is 53.0 Å². The predicted molar refractivity (Wildman–Crippen MR) is 117 cm³/mol. The Morgan fingerprint density at radius 3 is 2.41 bits per heavy atom. The highest BCUT2D eigenvalue weighted by Gasteiger charge is 2.28. The molecule has 0 aliphatic carbocycles. The second-order valence-corrected chi connectivity index (χ2v) is 7.61. The highest BCUT2D eigenvalue weighted by molar-refractivity contribution is 5.93. The van der Waals surface area contributed by atoms with Crippen molar-refractivity contribution in [2.75, 3.05) is 25.1 Å². The second-order valence-electron chi connectivity index (χ2n) is 7.61. The highest BCUT2D eigenvalue weighted by Crippen LogP contribution is 2.31. The van der Waals surface area contributed by atoms with Gasteiger partial charge in [-0.3, -0.25) is 9.69 Å². The quantitative estimate of drug-likeness (QED) is 0.755. The Kier molecular flexibility index (Phi) is 7.15. The van der Waals surface area contributed by atoms with Crippen LogP contribution in [-0.4, -0.2) is 42.2 Å². The number of ether oxygens (including phenoxy) is 1. The number of anilines is 1. The smallest absolute Gasteiger partial charge is 0.226 e. The van der Waals surface area contributed by atoms with E-state index >= 15 is 0 Å².